The van der Waals surface area contributed by atoms with Gasteiger partial charge in [0.15, 0.2) is 0 Å². The van der Waals surface area contributed by atoms with E-state index in [1.165, 1.54) is 18.2 Å². The standard InChI is InChI=1S/C19H21N5O8/c1-19(2,3)31-16(27)9-21-17(28)13-8-12(22-23-20)5-4-11(13)10-30-18(29)32-24-14(25)6-7-15(24)26/h4-5,8H,6-7,9-10H2,1-3H3,(H,21,28). The van der Waals surface area contributed by atoms with E-state index in [-0.39, 0.29) is 29.7 Å². The third kappa shape index (κ3) is 6.99. The van der Waals surface area contributed by atoms with Gasteiger partial charge in [0.25, 0.3) is 17.7 Å². The normalized spacial score (nSPS) is 13.3. The van der Waals surface area contributed by atoms with E-state index in [1.807, 2.05) is 0 Å². The van der Waals surface area contributed by atoms with Crippen molar-refractivity contribution in [2.75, 3.05) is 6.54 Å². The fraction of sp³-hybridized carbons (Fsp3) is 0.421. The number of ether oxygens (including phenoxy) is 2. The predicted molar refractivity (Wildman–Crippen MR) is 106 cm³/mol. The minimum atomic E-state index is -1.33. The molecule has 0 aliphatic carbocycles. The van der Waals surface area contributed by atoms with Crippen LogP contribution in [0.25, 0.3) is 10.4 Å². The number of carbonyl (C=O) groups excluding carboxylic acids is 5. The van der Waals surface area contributed by atoms with Gasteiger partial charge >= 0.3 is 12.1 Å². The monoisotopic (exact) mass is 447 g/mol. The number of hydroxylamine groups is 2. The van der Waals surface area contributed by atoms with Gasteiger partial charge in [0.2, 0.25) is 0 Å². The number of imide groups is 1. The van der Waals surface area contributed by atoms with Crippen LogP contribution in [0.2, 0.25) is 0 Å². The maximum absolute atomic E-state index is 12.6. The zero-order valence-electron chi connectivity index (χ0n) is 17.6. The van der Waals surface area contributed by atoms with Gasteiger partial charge in [-0.05, 0) is 32.4 Å². The van der Waals surface area contributed by atoms with Crippen LogP contribution in [-0.4, -0.2) is 47.1 Å². The van der Waals surface area contributed by atoms with Crippen LogP contribution in [0.15, 0.2) is 23.3 Å². The van der Waals surface area contributed by atoms with E-state index >= 15 is 0 Å². The van der Waals surface area contributed by atoms with Crippen molar-refractivity contribution in [3.8, 4) is 0 Å². The maximum Gasteiger partial charge on any atom is 0.534 e. The molecule has 170 valence electrons. The molecule has 0 radical (unpaired) electrons. The van der Waals surface area contributed by atoms with Crippen molar-refractivity contribution >= 4 is 35.5 Å². The minimum absolute atomic E-state index is 0.0421. The van der Waals surface area contributed by atoms with Crippen molar-refractivity contribution in [3.05, 3.63) is 39.8 Å². The first-order valence-corrected chi connectivity index (χ1v) is 9.38. The number of nitrogens with zero attached hydrogens (tertiary/aromatic N) is 4. The maximum atomic E-state index is 12.6. The number of amides is 3. The Bertz CT molecular complexity index is 978. The molecule has 1 aliphatic rings. The van der Waals surface area contributed by atoms with Crippen LogP contribution in [0.3, 0.4) is 0 Å². The molecule has 13 heteroatoms. The molecule has 2 rings (SSSR count). The van der Waals surface area contributed by atoms with Crippen LogP contribution in [0.1, 0.15) is 49.5 Å². The summed E-state index contributed by atoms with van der Waals surface area (Å²) in [6.45, 7) is 4.12. The Morgan fingerprint density at radius 1 is 1.19 bits per heavy atom. The summed E-state index contributed by atoms with van der Waals surface area (Å²) >= 11 is 0. The molecule has 0 atom stereocenters. The summed E-state index contributed by atoms with van der Waals surface area (Å²) in [6.07, 6.45) is -1.47. The third-order valence-electron chi connectivity index (χ3n) is 3.83. The lowest BCUT2D eigenvalue weighted by Gasteiger charge is -2.19. The number of hydrogen-bond acceptors (Lipinski definition) is 9. The molecule has 3 amide bonds. The van der Waals surface area contributed by atoms with Crippen molar-refractivity contribution in [3.63, 3.8) is 0 Å². The van der Waals surface area contributed by atoms with Gasteiger partial charge in [-0.2, -0.15) is 0 Å². The van der Waals surface area contributed by atoms with Crippen LogP contribution < -0.4 is 5.32 Å². The van der Waals surface area contributed by atoms with Gasteiger partial charge in [-0.25, -0.2) is 4.79 Å². The van der Waals surface area contributed by atoms with Crippen molar-refractivity contribution in [1.29, 1.82) is 0 Å². The van der Waals surface area contributed by atoms with E-state index in [4.69, 9.17) is 15.0 Å². The van der Waals surface area contributed by atoms with Crippen LogP contribution >= 0.6 is 0 Å². The minimum Gasteiger partial charge on any atom is -0.459 e. The Balaban J connectivity index is 2.08. The van der Waals surface area contributed by atoms with Crippen molar-refractivity contribution in [1.82, 2.24) is 10.4 Å². The first kappa shape index (κ1) is 24.2. The second-order valence-electron chi connectivity index (χ2n) is 7.51. The van der Waals surface area contributed by atoms with Gasteiger partial charge in [0, 0.05) is 34.6 Å². The van der Waals surface area contributed by atoms with E-state index in [1.54, 1.807) is 20.8 Å². The van der Waals surface area contributed by atoms with Gasteiger partial charge in [0.05, 0.1) is 0 Å². The lowest BCUT2D eigenvalue weighted by atomic mass is 10.1. The second-order valence-corrected chi connectivity index (χ2v) is 7.51. The number of rotatable bonds is 7. The van der Waals surface area contributed by atoms with Crippen molar-refractivity contribution in [2.45, 2.75) is 45.8 Å². The Morgan fingerprint density at radius 3 is 2.44 bits per heavy atom. The molecule has 1 fully saturated rings. The molecule has 0 saturated carbocycles. The fourth-order valence-electron chi connectivity index (χ4n) is 2.54. The van der Waals surface area contributed by atoms with Crippen LogP contribution in [0.5, 0.6) is 0 Å². The summed E-state index contributed by atoms with van der Waals surface area (Å²) < 4.78 is 10.00. The van der Waals surface area contributed by atoms with Gasteiger partial charge in [-0.1, -0.05) is 22.3 Å². The molecule has 1 aromatic rings. The third-order valence-corrected chi connectivity index (χ3v) is 3.83. The topological polar surface area (TPSA) is 177 Å². The molecule has 0 bridgehead atoms. The SMILES string of the molecule is CC(C)(C)OC(=O)CNC(=O)c1cc(N=[N+]=[N-])ccc1COC(=O)ON1C(=O)CCC1=O. The Labute approximate surface area is 182 Å². The molecule has 1 aromatic carbocycles. The molecule has 13 nitrogen and oxygen atoms in total. The molecule has 32 heavy (non-hydrogen) atoms. The first-order chi connectivity index (χ1) is 15.0. The highest BCUT2D eigenvalue weighted by Gasteiger charge is 2.33. The lowest BCUT2D eigenvalue weighted by molar-refractivity contribution is -0.177. The second kappa shape index (κ2) is 10.3. The van der Waals surface area contributed by atoms with Crippen LogP contribution in [0, 0.1) is 0 Å². The predicted octanol–water partition coefficient (Wildman–Crippen LogP) is 2.42. The van der Waals surface area contributed by atoms with Crippen molar-refractivity contribution < 1.29 is 38.3 Å². The van der Waals surface area contributed by atoms with E-state index in [2.05, 4.69) is 20.2 Å². The zero-order valence-corrected chi connectivity index (χ0v) is 17.6. The molecule has 0 spiro atoms. The summed E-state index contributed by atoms with van der Waals surface area (Å²) in [5, 5.41) is 6.10. The van der Waals surface area contributed by atoms with E-state index < -0.39 is 48.6 Å². The zero-order chi connectivity index (χ0) is 23.9. The Morgan fingerprint density at radius 2 is 1.84 bits per heavy atom. The Hall–Kier alpha value is -4.12. The van der Waals surface area contributed by atoms with Gasteiger partial charge in [-0.3, -0.25) is 24.0 Å². The summed E-state index contributed by atoms with van der Waals surface area (Å²) in [4.78, 5) is 66.5. The highest BCUT2D eigenvalue weighted by atomic mass is 16.8. The summed E-state index contributed by atoms with van der Waals surface area (Å²) in [7, 11) is 0. The lowest BCUT2D eigenvalue weighted by Crippen LogP contribution is -2.35. The summed E-state index contributed by atoms with van der Waals surface area (Å²) in [5.74, 6) is -2.73. The molecular formula is C19H21N5O8. The smallest absolute Gasteiger partial charge is 0.459 e. The summed E-state index contributed by atoms with van der Waals surface area (Å²) in [6, 6.07) is 3.98. The molecule has 1 N–H and O–H groups in total. The quantitative estimate of drug-likeness (QED) is 0.218. The summed E-state index contributed by atoms with van der Waals surface area (Å²) in [5.41, 5.74) is 8.12. The fourth-order valence-corrected chi connectivity index (χ4v) is 2.54. The average molecular weight is 447 g/mol. The number of benzene rings is 1. The van der Waals surface area contributed by atoms with Gasteiger partial charge in [0.1, 0.15) is 18.8 Å². The van der Waals surface area contributed by atoms with Gasteiger partial charge in [-0.15, -0.1) is 0 Å². The number of nitrogens with one attached hydrogen (secondary N) is 1. The van der Waals surface area contributed by atoms with Crippen LogP contribution in [-0.2, 0) is 35.3 Å². The molecule has 1 heterocycles. The Kier molecular flexibility index (Phi) is 7.75. The number of carbonyl (C=O) groups is 5. The first-order valence-electron chi connectivity index (χ1n) is 9.38. The highest BCUT2D eigenvalue weighted by Crippen LogP contribution is 2.20. The molecule has 0 unspecified atom stereocenters. The molecule has 1 aliphatic heterocycles. The van der Waals surface area contributed by atoms with Crippen molar-refractivity contribution in [2.24, 2.45) is 5.11 Å². The molecule has 1 saturated heterocycles. The number of hydrogen-bond donors (Lipinski definition) is 1. The molecule has 0 aromatic heterocycles. The largest absolute Gasteiger partial charge is 0.534 e. The number of azide groups is 1. The average Bonchev–Trinajstić information content (AvgIpc) is 3.02. The highest BCUT2D eigenvalue weighted by molar-refractivity contribution is 6.01. The van der Waals surface area contributed by atoms with E-state index in [0.717, 1.165) is 0 Å². The van der Waals surface area contributed by atoms with E-state index in [9.17, 15) is 24.0 Å². The van der Waals surface area contributed by atoms with E-state index in [0.29, 0.717) is 5.06 Å². The molecular weight excluding hydrogens is 426 g/mol. The van der Waals surface area contributed by atoms with Gasteiger partial charge < -0.3 is 14.8 Å². The van der Waals surface area contributed by atoms with Crippen LogP contribution in [0.4, 0.5) is 10.5 Å². The number of esters is 1.